The predicted octanol–water partition coefficient (Wildman–Crippen LogP) is 4.74. The lowest BCUT2D eigenvalue weighted by atomic mass is 10.1. The summed E-state index contributed by atoms with van der Waals surface area (Å²) in [7, 11) is -4.19. The molecule has 0 radical (unpaired) electrons. The molecule has 2 N–H and O–H groups in total. The third kappa shape index (κ3) is 6.61. The SMILES string of the molecule is O=C(CN(c1cc(Cl)ccc1Cl)S(=O)(=O)c1ccccc1)Nc1ccccc1C(=O)NC[C@H]1CCCO1. The topological polar surface area (TPSA) is 105 Å². The van der Waals surface area contributed by atoms with E-state index in [1.807, 2.05) is 0 Å². The molecule has 1 aliphatic rings. The van der Waals surface area contributed by atoms with Gasteiger partial charge in [-0.15, -0.1) is 0 Å². The molecule has 194 valence electrons. The monoisotopic (exact) mass is 561 g/mol. The van der Waals surface area contributed by atoms with E-state index in [1.54, 1.807) is 42.5 Å². The van der Waals surface area contributed by atoms with Gasteiger partial charge in [0.05, 0.1) is 33.0 Å². The Balaban J connectivity index is 1.58. The number of sulfonamides is 1. The van der Waals surface area contributed by atoms with Crippen LogP contribution >= 0.6 is 23.2 Å². The summed E-state index contributed by atoms with van der Waals surface area (Å²) < 4.78 is 33.5. The van der Waals surface area contributed by atoms with Gasteiger partial charge in [-0.05, 0) is 55.3 Å². The fraction of sp³-hybridized carbons (Fsp3) is 0.231. The minimum Gasteiger partial charge on any atom is -0.376 e. The number of rotatable bonds is 9. The number of nitrogens with zero attached hydrogens (tertiary/aromatic N) is 1. The minimum absolute atomic E-state index is 0.0206. The van der Waals surface area contributed by atoms with E-state index in [0.717, 1.165) is 17.1 Å². The van der Waals surface area contributed by atoms with Crippen LogP contribution < -0.4 is 14.9 Å². The highest BCUT2D eigenvalue weighted by molar-refractivity contribution is 7.92. The Morgan fingerprint density at radius 1 is 1.00 bits per heavy atom. The van der Waals surface area contributed by atoms with Crippen LogP contribution in [0.15, 0.2) is 77.7 Å². The molecule has 8 nitrogen and oxygen atoms in total. The Morgan fingerprint density at radius 2 is 1.73 bits per heavy atom. The summed E-state index contributed by atoms with van der Waals surface area (Å²) in [4.78, 5) is 26.0. The molecular formula is C26H25Cl2N3O5S. The first-order chi connectivity index (χ1) is 17.8. The van der Waals surface area contributed by atoms with Crippen LogP contribution in [0.25, 0.3) is 0 Å². The number of anilines is 2. The highest BCUT2D eigenvalue weighted by atomic mass is 35.5. The first-order valence-electron chi connectivity index (χ1n) is 11.6. The van der Waals surface area contributed by atoms with Crippen molar-refractivity contribution in [2.45, 2.75) is 23.8 Å². The number of para-hydroxylation sites is 1. The first-order valence-corrected chi connectivity index (χ1v) is 13.8. The van der Waals surface area contributed by atoms with Crippen molar-refractivity contribution in [3.63, 3.8) is 0 Å². The van der Waals surface area contributed by atoms with Crippen molar-refractivity contribution in [1.82, 2.24) is 5.32 Å². The molecule has 0 aliphatic carbocycles. The van der Waals surface area contributed by atoms with E-state index in [-0.39, 0.29) is 43.9 Å². The second kappa shape index (κ2) is 12.0. The molecule has 0 bridgehead atoms. The maximum absolute atomic E-state index is 13.5. The van der Waals surface area contributed by atoms with Crippen LogP contribution in [0, 0.1) is 0 Å². The molecule has 0 unspecified atom stereocenters. The zero-order valence-electron chi connectivity index (χ0n) is 19.7. The Labute approximate surface area is 225 Å². The van der Waals surface area contributed by atoms with E-state index in [4.69, 9.17) is 27.9 Å². The quantitative estimate of drug-likeness (QED) is 0.392. The first kappa shape index (κ1) is 26.9. The van der Waals surface area contributed by atoms with E-state index in [2.05, 4.69) is 10.6 Å². The zero-order chi connectivity index (χ0) is 26.4. The van der Waals surface area contributed by atoms with Gasteiger partial charge in [0.15, 0.2) is 0 Å². The number of hydrogen-bond acceptors (Lipinski definition) is 5. The van der Waals surface area contributed by atoms with E-state index in [9.17, 15) is 18.0 Å². The van der Waals surface area contributed by atoms with Gasteiger partial charge in [-0.3, -0.25) is 13.9 Å². The second-order valence-electron chi connectivity index (χ2n) is 8.36. The van der Waals surface area contributed by atoms with Gasteiger partial charge in [-0.1, -0.05) is 53.5 Å². The minimum atomic E-state index is -4.19. The van der Waals surface area contributed by atoms with Crippen LogP contribution in [0.4, 0.5) is 11.4 Å². The van der Waals surface area contributed by atoms with Crippen molar-refractivity contribution in [3.05, 3.63) is 88.4 Å². The maximum atomic E-state index is 13.5. The Hall–Kier alpha value is -3.11. The smallest absolute Gasteiger partial charge is 0.264 e. The number of amides is 2. The average Bonchev–Trinajstić information content (AvgIpc) is 3.42. The highest BCUT2D eigenvalue weighted by Crippen LogP contribution is 2.33. The Kier molecular flexibility index (Phi) is 8.71. The van der Waals surface area contributed by atoms with Gasteiger partial charge in [0, 0.05) is 18.2 Å². The van der Waals surface area contributed by atoms with Crippen LogP contribution in [0.2, 0.25) is 10.0 Å². The molecule has 1 saturated heterocycles. The van der Waals surface area contributed by atoms with E-state index >= 15 is 0 Å². The number of halogens is 2. The number of benzene rings is 3. The van der Waals surface area contributed by atoms with Crippen molar-refractivity contribution >= 4 is 56.4 Å². The number of hydrogen-bond donors (Lipinski definition) is 2. The molecule has 1 aliphatic heterocycles. The van der Waals surface area contributed by atoms with Crippen molar-refractivity contribution in [3.8, 4) is 0 Å². The molecule has 3 aromatic rings. The van der Waals surface area contributed by atoms with Crippen LogP contribution in [0.1, 0.15) is 23.2 Å². The van der Waals surface area contributed by atoms with E-state index in [0.29, 0.717) is 13.2 Å². The zero-order valence-corrected chi connectivity index (χ0v) is 22.0. The van der Waals surface area contributed by atoms with Gasteiger partial charge in [0.1, 0.15) is 6.54 Å². The van der Waals surface area contributed by atoms with Crippen LogP contribution in [-0.4, -0.2) is 46.0 Å². The molecule has 37 heavy (non-hydrogen) atoms. The van der Waals surface area contributed by atoms with Gasteiger partial charge in [0.2, 0.25) is 5.91 Å². The summed E-state index contributed by atoms with van der Waals surface area (Å²) >= 11 is 12.4. The molecule has 4 rings (SSSR count). The van der Waals surface area contributed by atoms with Crippen molar-refractivity contribution in [2.75, 3.05) is 29.3 Å². The number of nitrogens with one attached hydrogen (secondary N) is 2. The molecule has 0 saturated carbocycles. The molecule has 11 heteroatoms. The van der Waals surface area contributed by atoms with Gasteiger partial charge in [-0.25, -0.2) is 8.42 Å². The van der Waals surface area contributed by atoms with Crippen molar-refractivity contribution in [2.24, 2.45) is 0 Å². The van der Waals surface area contributed by atoms with Crippen LogP contribution in [0.5, 0.6) is 0 Å². The second-order valence-corrected chi connectivity index (χ2v) is 11.1. The summed E-state index contributed by atoms with van der Waals surface area (Å²) in [6.07, 6.45) is 1.78. The average molecular weight is 562 g/mol. The molecule has 0 spiro atoms. The molecule has 3 aromatic carbocycles. The van der Waals surface area contributed by atoms with Gasteiger partial charge >= 0.3 is 0 Å². The summed E-state index contributed by atoms with van der Waals surface area (Å²) in [5.74, 6) is -1.05. The van der Waals surface area contributed by atoms with Gasteiger partial charge < -0.3 is 15.4 Å². The fourth-order valence-corrected chi connectivity index (χ4v) is 5.80. The van der Waals surface area contributed by atoms with Crippen molar-refractivity contribution in [1.29, 1.82) is 0 Å². The van der Waals surface area contributed by atoms with Crippen LogP contribution in [-0.2, 0) is 19.6 Å². The fourth-order valence-electron chi connectivity index (χ4n) is 3.91. The van der Waals surface area contributed by atoms with Gasteiger partial charge in [0.25, 0.3) is 15.9 Å². The lowest BCUT2D eigenvalue weighted by molar-refractivity contribution is -0.114. The lowest BCUT2D eigenvalue weighted by Gasteiger charge is -2.25. The third-order valence-electron chi connectivity index (χ3n) is 5.76. The number of ether oxygens (including phenoxy) is 1. The van der Waals surface area contributed by atoms with Crippen molar-refractivity contribution < 1.29 is 22.7 Å². The standard InChI is InChI=1S/C26H25Cl2N3O5S/c27-18-12-13-22(28)24(15-18)31(37(34,35)20-8-2-1-3-9-20)17-25(32)30-23-11-5-4-10-21(23)26(33)29-16-19-7-6-14-36-19/h1-5,8-13,15,19H,6-7,14,16-17H2,(H,29,33)(H,30,32)/t19-/m1/s1. The summed E-state index contributed by atoms with van der Waals surface area (Å²) in [5.41, 5.74) is 0.537. The number of carbonyl (C=O) groups excluding carboxylic acids is 2. The normalized spacial score (nSPS) is 15.2. The predicted molar refractivity (Wildman–Crippen MR) is 144 cm³/mol. The highest BCUT2D eigenvalue weighted by Gasteiger charge is 2.29. The summed E-state index contributed by atoms with van der Waals surface area (Å²) in [5, 5.41) is 5.84. The third-order valence-corrected chi connectivity index (χ3v) is 8.08. The van der Waals surface area contributed by atoms with E-state index < -0.39 is 22.5 Å². The Morgan fingerprint density at radius 3 is 2.46 bits per heavy atom. The van der Waals surface area contributed by atoms with Gasteiger partial charge in [-0.2, -0.15) is 0 Å². The molecule has 1 atom stereocenters. The van der Waals surface area contributed by atoms with E-state index in [1.165, 1.54) is 30.3 Å². The summed E-state index contributed by atoms with van der Waals surface area (Å²) in [6, 6.07) is 18.5. The molecule has 1 fully saturated rings. The molecule has 0 aromatic heterocycles. The maximum Gasteiger partial charge on any atom is 0.264 e. The molecule has 1 heterocycles. The molecular weight excluding hydrogens is 537 g/mol. The lowest BCUT2D eigenvalue weighted by Crippen LogP contribution is -2.38. The Bertz CT molecular complexity index is 1380. The largest absolute Gasteiger partial charge is 0.376 e. The van der Waals surface area contributed by atoms with Crippen LogP contribution in [0.3, 0.4) is 0 Å². The number of carbonyl (C=O) groups is 2. The molecule has 2 amide bonds. The summed E-state index contributed by atoms with van der Waals surface area (Å²) in [6.45, 7) is 0.423.